The maximum atomic E-state index is 11.5. The third-order valence-corrected chi connectivity index (χ3v) is 3.90. The number of carbonyl (C=O) groups is 1. The summed E-state index contributed by atoms with van der Waals surface area (Å²) in [7, 11) is 0. The van der Waals surface area contributed by atoms with E-state index in [9.17, 15) is 4.79 Å². The van der Waals surface area contributed by atoms with Gasteiger partial charge in [0.1, 0.15) is 0 Å². The Morgan fingerprint density at radius 2 is 1.38 bits per heavy atom. The van der Waals surface area contributed by atoms with Crippen molar-refractivity contribution in [3.63, 3.8) is 0 Å². The molecule has 5 nitrogen and oxygen atoms in total. The van der Waals surface area contributed by atoms with E-state index in [0.717, 1.165) is 25.9 Å². The fourth-order valence-electron chi connectivity index (χ4n) is 2.48. The van der Waals surface area contributed by atoms with Crippen LogP contribution in [0.4, 0.5) is 0 Å². The van der Waals surface area contributed by atoms with Crippen LogP contribution in [0.25, 0.3) is 0 Å². The van der Waals surface area contributed by atoms with Gasteiger partial charge >= 0.3 is 35.5 Å². The summed E-state index contributed by atoms with van der Waals surface area (Å²) >= 11 is 0. The Hall–Kier alpha value is 0.350. The molecule has 24 heavy (non-hydrogen) atoms. The standard InChI is InChI=1S/C18H39N3O2.Na.H/c1-2-3-4-5-6-7-8-9-10-11-12-13-18(22)23-21-17-16-20-15-14-19;;/h20-21H,2-17,19H2,1H3;;. The molecule has 0 aliphatic carbocycles. The van der Waals surface area contributed by atoms with Gasteiger partial charge in [0.2, 0.25) is 0 Å². The predicted octanol–water partition coefficient (Wildman–Crippen LogP) is 2.64. The van der Waals surface area contributed by atoms with Gasteiger partial charge in [-0.15, -0.1) is 0 Å². The number of rotatable bonds is 18. The molecule has 0 radical (unpaired) electrons. The fraction of sp³-hybridized carbons (Fsp3) is 0.944. The Bertz CT molecular complexity index is 256. The Labute approximate surface area is 171 Å². The topological polar surface area (TPSA) is 76.4 Å². The molecule has 0 amide bonds. The van der Waals surface area contributed by atoms with Crippen LogP contribution >= 0.6 is 0 Å². The number of unbranched alkanes of at least 4 members (excludes halogenated alkanes) is 10. The summed E-state index contributed by atoms with van der Waals surface area (Å²) in [6, 6.07) is 0. The second-order valence-corrected chi connectivity index (χ2v) is 6.19. The average Bonchev–Trinajstić information content (AvgIpc) is 2.56. The van der Waals surface area contributed by atoms with Crippen LogP contribution in [0, 0.1) is 0 Å². The number of carbonyl (C=O) groups excluding carboxylic acids is 1. The third kappa shape index (κ3) is 22.4. The molecule has 0 aromatic rings. The number of hydrogen-bond acceptors (Lipinski definition) is 5. The number of hydroxylamine groups is 1. The average molecular weight is 354 g/mol. The number of nitrogens with two attached hydrogens (primary N) is 1. The van der Waals surface area contributed by atoms with Crippen molar-refractivity contribution in [3.8, 4) is 0 Å². The van der Waals surface area contributed by atoms with Crippen molar-refractivity contribution < 1.29 is 9.63 Å². The zero-order valence-electron chi connectivity index (χ0n) is 15.2. The molecule has 140 valence electrons. The van der Waals surface area contributed by atoms with Gasteiger partial charge in [0.25, 0.3) is 0 Å². The van der Waals surface area contributed by atoms with Gasteiger partial charge in [0.15, 0.2) is 0 Å². The van der Waals surface area contributed by atoms with E-state index < -0.39 is 0 Å². The summed E-state index contributed by atoms with van der Waals surface area (Å²) in [6.45, 7) is 5.03. The molecule has 0 bridgehead atoms. The second kappa shape index (κ2) is 23.4. The zero-order valence-corrected chi connectivity index (χ0v) is 15.2. The SMILES string of the molecule is CCCCCCCCCCCCCC(=O)ONCCNCCN.[NaH]. The first-order valence-corrected chi connectivity index (χ1v) is 9.64. The first-order chi connectivity index (χ1) is 11.3. The first kappa shape index (κ1) is 26.6. The van der Waals surface area contributed by atoms with Crippen molar-refractivity contribution in [2.75, 3.05) is 26.2 Å². The van der Waals surface area contributed by atoms with Gasteiger partial charge in [-0.1, -0.05) is 71.1 Å². The third-order valence-electron chi connectivity index (χ3n) is 3.90. The summed E-state index contributed by atoms with van der Waals surface area (Å²) in [5.41, 5.74) is 8.03. The molecular formula is C18H40N3NaO2. The van der Waals surface area contributed by atoms with Crippen LogP contribution in [0.1, 0.15) is 84.0 Å². The van der Waals surface area contributed by atoms with Crippen molar-refractivity contribution in [3.05, 3.63) is 0 Å². The van der Waals surface area contributed by atoms with Gasteiger partial charge in [-0.3, -0.25) is 4.79 Å². The van der Waals surface area contributed by atoms with Gasteiger partial charge in [-0.05, 0) is 6.42 Å². The van der Waals surface area contributed by atoms with Crippen LogP contribution in [-0.2, 0) is 9.63 Å². The molecule has 0 rings (SSSR count). The Balaban J connectivity index is 0. The van der Waals surface area contributed by atoms with Crippen LogP contribution < -0.4 is 16.5 Å². The minimum absolute atomic E-state index is 0. The fourth-order valence-corrected chi connectivity index (χ4v) is 2.48. The van der Waals surface area contributed by atoms with Crippen LogP contribution in [-0.4, -0.2) is 61.7 Å². The predicted molar refractivity (Wildman–Crippen MR) is 104 cm³/mol. The zero-order chi connectivity index (χ0) is 17.0. The molecule has 0 aliphatic heterocycles. The van der Waals surface area contributed by atoms with Crippen LogP contribution in [0.3, 0.4) is 0 Å². The summed E-state index contributed by atoms with van der Waals surface area (Å²) < 4.78 is 0. The van der Waals surface area contributed by atoms with Crippen LogP contribution in [0.2, 0.25) is 0 Å². The molecule has 0 unspecified atom stereocenters. The van der Waals surface area contributed by atoms with E-state index in [0.29, 0.717) is 19.5 Å². The second-order valence-electron chi connectivity index (χ2n) is 6.19. The van der Waals surface area contributed by atoms with E-state index in [1.807, 2.05) is 0 Å². The summed E-state index contributed by atoms with van der Waals surface area (Å²) in [6.07, 6.45) is 14.7. The molecule has 0 aliphatic rings. The van der Waals surface area contributed by atoms with E-state index in [-0.39, 0.29) is 35.5 Å². The Morgan fingerprint density at radius 1 is 0.833 bits per heavy atom. The van der Waals surface area contributed by atoms with E-state index in [1.54, 1.807) is 0 Å². The molecule has 6 heteroatoms. The monoisotopic (exact) mass is 353 g/mol. The molecule has 0 heterocycles. The summed E-state index contributed by atoms with van der Waals surface area (Å²) in [5, 5.41) is 3.12. The quantitative estimate of drug-likeness (QED) is 0.201. The maximum absolute atomic E-state index is 11.5. The normalized spacial score (nSPS) is 10.4. The Kier molecular flexibility index (Phi) is 25.9. The summed E-state index contributed by atoms with van der Waals surface area (Å²) in [4.78, 5) is 16.4. The van der Waals surface area contributed by atoms with Crippen LogP contribution in [0.15, 0.2) is 0 Å². The molecule has 0 saturated carbocycles. The minimum atomic E-state index is -0.153. The van der Waals surface area contributed by atoms with Crippen molar-refractivity contribution in [1.29, 1.82) is 0 Å². The molecule has 0 aromatic carbocycles. The van der Waals surface area contributed by atoms with Gasteiger partial charge in [0, 0.05) is 32.6 Å². The van der Waals surface area contributed by atoms with E-state index in [4.69, 9.17) is 10.6 Å². The summed E-state index contributed by atoms with van der Waals surface area (Å²) in [5.74, 6) is -0.153. The molecule has 0 aromatic heterocycles. The molecule has 4 N–H and O–H groups in total. The van der Waals surface area contributed by atoms with Crippen molar-refractivity contribution in [1.82, 2.24) is 10.8 Å². The first-order valence-electron chi connectivity index (χ1n) is 9.64. The van der Waals surface area contributed by atoms with Crippen molar-refractivity contribution in [2.24, 2.45) is 5.73 Å². The number of nitrogens with one attached hydrogen (secondary N) is 2. The van der Waals surface area contributed by atoms with Gasteiger partial charge in [-0.2, -0.15) is 5.48 Å². The molecule has 0 atom stereocenters. The van der Waals surface area contributed by atoms with Gasteiger partial charge < -0.3 is 15.9 Å². The van der Waals surface area contributed by atoms with Gasteiger partial charge in [0.05, 0.1) is 0 Å². The van der Waals surface area contributed by atoms with Crippen LogP contribution in [0.5, 0.6) is 0 Å². The van der Waals surface area contributed by atoms with E-state index in [1.165, 1.54) is 57.8 Å². The van der Waals surface area contributed by atoms with E-state index in [2.05, 4.69) is 17.7 Å². The van der Waals surface area contributed by atoms with Crippen molar-refractivity contribution in [2.45, 2.75) is 84.0 Å². The van der Waals surface area contributed by atoms with E-state index >= 15 is 0 Å². The molecule has 0 saturated heterocycles. The Morgan fingerprint density at radius 3 is 1.92 bits per heavy atom. The molecular weight excluding hydrogens is 313 g/mol. The van der Waals surface area contributed by atoms with Crippen molar-refractivity contribution >= 4 is 35.5 Å². The van der Waals surface area contributed by atoms with Gasteiger partial charge in [-0.25, -0.2) is 0 Å². The number of hydrogen-bond donors (Lipinski definition) is 3. The molecule has 0 spiro atoms. The molecule has 0 fully saturated rings.